The van der Waals surface area contributed by atoms with Crippen molar-refractivity contribution in [2.45, 2.75) is 6.92 Å². The lowest BCUT2D eigenvalue weighted by Crippen LogP contribution is -2.60. The second-order valence-electron chi connectivity index (χ2n) is 12.5. The molecule has 7 aromatic carbocycles. The third kappa shape index (κ3) is 2.83. The number of hydrogen-bond donors (Lipinski definition) is 0. The van der Waals surface area contributed by atoms with E-state index in [0.717, 1.165) is 21.9 Å². The van der Waals surface area contributed by atoms with Crippen LogP contribution in [0.2, 0.25) is 0 Å². The van der Waals surface area contributed by atoms with Gasteiger partial charge in [-0.3, -0.25) is 0 Å². The van der Waals surface area contributed by atoms with Crippen LogP contribution >= 0.6 is 0 Å². The number of aromatic nitrogens is 1. The van der Waals surface area contributed by atoms with Gasteiger partial charge in [-0.2, -0.15) is 0 Å². The molecule has 45 heavy (non-hydrogen) atoms. The Bertz CT molecular complexity index is 2750. The molecule has 0 radical (unpaired) electrons. The number of fused-ring (bicyclic) bond motifs is 13. The number of aryl methyl sites for hydroxylation is 1. The van der Waals surface area contributed by atoms with Gasteiger partial charge < -0.3 is 13.8 Å². The third-order valence-electron chi connectivity index (χ3n) is 10.3. The van der Waals surface area contributed by atoms with Gasteiger partial charge in [-0.15, -0.1) is 0 Å². The topological polar surface area (TPSA) is 21.3 Å². The summed E-state index contributed by atoms with van der Waals surface area (Å²) >= 11 is 0. The summed E-state index contributed by atoms with van der Waals surface area (Å²) in [5.41, 5.74) is 14.4. The van der Waals surface area contributed by atoms with Crippen molar-refractivity contribution in [1.29, 1.82) is 0 Å². The molecule has 0 bridgehead atoms. The third-order valence-corrected chi connectivity index (χ3v) is 10.3. The quantitative estimate of drug-likeness (QED) is 0.183. The van der Waals surface area contributed by atoms with Crippen LogP contribution in [0.15, 0.2) is 138 Å². The van der Waals surface area contributed by atoms with Gasteiger partial charge in [0.1, 0.15) is 11.2 Å². The molecule has 9 aromatic rings. The Kier molecular flexibility index (Phi) is 4.34. The van der Waals surface area contributed by atoms with Gasteiger partial charge in [-0.1, -0.05) is 97.1 Å². The van der Waals surface area contributed by atoms with Gasteiger partial charge in [-0.05, 0) is 76.1 Å². The zero-order chi connectivity index (χ0) is 29.4. The summed E-state index contributed by atoms with van der Waals surface area (Å²) in [6.45, 7) is 2.21. The molecule has 2 aromatic heterocycles. The SMILES string of the molecule is Cc1ccccc1N1B2c3c(cc4ccccc4c3-c3c1ccc1c3oc3ccccc31)-n1c3ccccc3c3cccc2c31. The van der Waals surface area contributed by atoms with E-state index in [0.29, 0.717) is 0 Å². The molecule has 0 aliphatic carbocycles. The van der Waals surface area contributed by atoms with Crippen molar-refractivity contribution in [3.63, 3.8) is 0 Å². The average Bonchev–Trinajstić information content (AvgIpc) is 3.64. The van der Waals surface area contributed by atoms with Crippen LogP contribution in [0.5, 0.6) is 0 Å². The van der Waals surface area contributed by atoms with Crippen LogP contribution in [0.1, 0.15) is 5.56 Å². The van der Waals surface area contributed by atoms with E-state index in [4.69, 9.17) is 4.42 Å². The van der Waals surface area contributed by atoms with Crippen molar-refractivity contribution in [3.8, 4) is 16.8 Å². The predicted molar refractivity (Wildman–Crippen MR) is 189 cm³/mol. The van der Waals surface area contributed by atoms with Crippen molar-refractivity contribution in [2.75, 3.05) is 4.81 Å². The van der Waals surface area contributed by atoms with Gasteiger partial charge in [0.25, 0.3) is 0 Å². The first kappa shape index (κ1) is 23.7. The second kappa shape index (κ2) is 8.25. The predicted octanol–water partition coefficient (Wildman–Crippen LogP) is 9.38. The highest BCUT2D eigenvalue weighted by Crippen LogP contribution is 2.50. The van der Waals surface area contributed by atoms with Gasteiger partial charge in [0.15, 0.2) is 0 Å². The fraction of sp³-hybridized carbons (Fsp3) is 0.0244. The number of rotatable bonds is 1. The minimum Gasteiger partial charge on any atom is -0.455 e. The molecule has 4 heterocycles. The van der Waals surface area contributed by atoms with Crippen molar-refractivity contribution in [2.24, 2.45) is 0 Å². The molecule has 0 saturated carbocycles. The van der Waals surface area contributed by atoms with E-state index in [9.17, 15) is 0 Å². The summed E-state index contributed by atoms with van der Waals surface area (Å²) < 4.78 is 9.38. The van der Waals surface area contributed by atoms with Gasteiger partial charge >= 0.3 is 6.85 Å². The molecule has 0 atom stereocenters. The number of benzene rings is 7. The van der Waals surface area contributed by atoms with Crippen molar-refractivity contribution in [1.82, 2.24) is 4.57 Å². The number of hydrogen-bond acceptors (Lipinski definition) is 2. The zero-order valence-electron chi connectivity index (χ0n) is 24.6. The maximum atomic E-state index is 6.85. The molecule has 0 unspecified atom stereocenters. The summed E-state index contributed by atoms with van der Waals surface area (Å²) in [5.74, 6) is 0. The molecule has 208 valence electrons. The van der Waals surface area contributed by atoms with Crippen LogP contribution in [0.25, 0.3) is 71.3 Å². The summed E-state index contributed by atoms with van der Waals surface area (Å²) in [6.07, 6.45) is 0. The van der Waals surface area contributed by atoms with E-state index in [1.165, 1.54) is 77.3 Å². The summed E-state index contributed by atoms with van der Waals surface area (Å²) in [4.78, 5) is 2.59. The number of anilines is 2. The minimum absolute atomic E-state index is 0.0180. The normalized spacial score (nSPS) is 13.4. The Morgan fingerprint density at radius 1 is 0.556 bits per heavy atom. The molecular formula is C41H25BN2O. The lowest BCUT2D eigenvalue weighted by molar-refractivity contribution is 0.670. The monoisotopic (exact) mass is 572 g/mol. The lowest BCUT2D eigenvalue weighted by atomic mass is 9.43. The van der Waals surface area contributed by atoms with Gasteiger partial charge in [-0.25, -0.2) is 0 Å². The van der Waals surface area contributed by atoms with Gasteiger partial charge in [0.2, 0.25) is 0 Å². The molecule has 4 heteroatoms. The molecule has 0 fully saturated rings. The molecule has 11 rings (SSSR count). The largest absolute Gasteiger partial charge is 0.455 e. The molecule has 0 N–H and O–H groups in total. The minimum atomic E-state index is -0.0180. The Morgan fingerprint density at radius 3 is 2.22 bits per heavy atom. The van der Waals surface area contributed by atoms with E-state index in [1.54, 1.807) is 0 Å². The Hall–Kier alpha value is -5.74. The van der Waals surface area contributed by atoms with Gasteiger partial charge in [0.05, 0.1) is 11.0 Å². The fourth-order valence-electron chi connectivity index (χ4n) is 8.48. The average molecular weight is 572 g/mol. The highest BCUT2D eigenvalue weighted by Gasteiger charge is 2.45. The zero-order valence-corrected chi connectivity index (χ0v) is 24.6. The summed E-state index contributed by atoms with van der Waals surface area (Å²) in [7, 11) is 0. The lowest BCUT2D eigenvalue weighted by Gasteiger charge is -2.43. The van der Waals surface area contributed by atoms with Crippen LogP contribution in [0.4, 0.5) is 11.4 Å². The van der Waals surface area contributed by atoms with E-state index in [-0.39, 0.29) is 6.85 Å². The molecular weight excluding hydrogens is 547 g/mol. The van der Waals surface area contributed by atoms with Crippen LogP contribution < -0.4 is 15.7 Å². The smallest absolute Gasteiger partial charge is 0.333 e. The van der Waals surface area contributed by atoms with E-state index < -0.39 is 0 Å². The molecule has 0 amide bonds. The summed E-state index contributed by atoms with van der Waals surface area (Å²) in [5, 5.41) is 7.38. The van der Waals surface area contributed by atoms with Crippen molar-refractivity contribution < 1.29 is 4.42 Å². The number of nitrogens with zero attached hydrogens (tertiary/aromatic N) is 2. The van der Waals surface area contributed by atoms with Gasteiger partial charge in [0, 0.05) is 44.2 Å². The van der Waals surface area contributed by atoms with Crippen molar-refractivity contribution >= 4 is 83.7 Å². The van der Waals surface area contributed by atoms with Crippen LogP contribution in [0.3, 0.4) is 0 Å². The summed E-state index contributed by atoms with van der Waals surface area (Å²) in [6, 6.07) is 48.9. The first-order chi connectivity index (χ1) is 22.3. The Balaban J connectivity index is 1.42. The van der Waals surface area contributed by atoms with E-state index in [2.05, 4.69) is 150 Å². The van der Waals surface area contributed by atoms with E-state index in [1.807, 2.05) is 0 Å². The maximum absolute atomic E-state index is 6.85. The first-order valence-corrected chi connectivity index (χ1v) is 15.7. The fourth-order valence-corrected chi connectivity index (χ4v) is 8.48. The molecule has 2 aliphatic rings. The van der Waals surface area contributed by atoms with E-state index >= 15 is 0 Å². The number of furan rings is 1. The first-order valence-electron chi connectivity index (χ1n) is 15.7. The highest BCUT2D eigenvalue weighted by atomic mass is 16.3. The maximum Gasteiger partial charge on any atom is 0.333 e. The van der Waals surface area contributed by atoms with Crippen LogP contribution in [0, 0.1) is 6.92 Å². The Morgan fingerprint density at radius 2 is 1.31 bits per heavy atom. The Labute approximate surface area is 259 Å². The molecule has 0 spiro atoms. The number of para-hydroxylation sites is 4. The van der Waals surface area contributed by atoms with Crippen LogP contribution in [-0.2, 0) is 0 Å². The second-order valence-corrected chi connectivity index (χ2v) is 12.5. The van der Waals surface area contributed by atoms with Crippen LogP contribution in [-0.4, -0.2) is 11.4 Å². The van der Waals surface area contributed by atoms with Crippen molar-refractivity contribution in [3.05, 3.63) is 139 Å². The standard InChI is InChI=1S/C41H25BN2O/c1-24-11-2-7-18-32(24)44-34-22-21-30-28-15-6-9-20-36(28)45-41(30)38(34)37-26-13-4-3-12-25(26)23-35-39(37)42(44)31-17-10-16-29-27-14-5-8-19-33(27)43(35)40(29)31/h2-23H,1H3. The molecule has 2 aliphatic heterocycles. The highest BCUT2D eigenvalue weighted by molar-refractivity contribution is 6.94. The molecule has 0 saturated heterocycles. The molecule has 3 nitrogen and oxygen atoms in total.